The first-order valence-electron chi connectivity index (χ1n) is 9.25. The molecule has 1 aliphatic carbocycles. The smallest absolute Gasteiger partial charge is 0.261 e. The van der Waals surface area contributed by atoms with Crippen LogP contribution in [0.15, 0.2) is 24.4 Å². The molecule has 0 bridgehead atoms. The van der Waals surface area contributed by atoms with Crippen LogP contribution in [0.4, 0.5) is 0 Å². The highest BCUT2D eigenvalue weighted by atomic mass is 32.1. The van der Waals surface area contributed by atoms with Crippen LogP contribution in [0.5, 0.6) is 0 Å². The molecule has 0 aromatic carbocycles. The van der Waals surface area contributed by atoms with Crippen LogP contribution >= 0.6 is 11.3 Å². The first-order chi connectivity index (χ1) is 13.1. The molecule has 0 saturated heterocycles. The van der Waals surface area contributed by atoms with E-state index in [1.807, 2.05) is 31.4 Å². The number of H-pyrrole nitrogens is 1. The summed E-state index contributed by atoms with van der Waals surface area (Å²) in [5.74, 6) is -0.0246. The highest BCUT2D eigenvalue weighted by molar-refractivity contribution is 7.20. The topological polar surface area (TPSA) is 91.8 Å². The number of hydrogen-bond acceptors (Lipinski definition) is 4. The van der Waals surface area contributed by atoms with Crippen molar-refractivity contribution >= 4 is 33.4 Å². The lowest BCUT2D eigenvalue weighted by molar-refractivity contribution is -0.121. The molecule has 0 aliphatic heterocycles. The Morgan fingerprint density at radius 3 is 2.96 bits per heavy atom. The molecule has 142 valence electrons. The van der Waals surface area contributed by atoms with E-state index in [0.29, 0.717) is 30.3 Å². The summed E-state index contributed by atoms with van der Waals surface area (Å²) in [6.45, 7) is 0.362. The summed E-state index contributed by atoms with van der Waals surface area (Å²) in [6, 6.07) is 6.10. The van der Waals surface area contributed by atoms with Gasteiger partial charge in [0.1, 0.15) is 4.83 Å². The lowest BCUT2D eigenvalue weighted by Gasteiger charge is -2.25. The van der Waals surface area contributed by atoms with Gasteiger partial charge in [-0.15, -0.1) is 11.3 Å². The number of carbonyl (C=O) groups excluding carboxylic acids is 2. The van der Waals surface area contributed by atoms with Crippen LogP contribution in [0.2, 0.25) is 0 Å². The predicted octanol–water partition coefficient (Wildman–Crippen LogP) is 2.49. The molecule has 0 atom stereocenters. The fourth-order valence-corrected chi connectivity index (χ4v) is 4.20. The summed E-state index contributed by atoms with van der Waals surface area (Å²) in [7, 11) is 1.86. The van der Waals surface area contributed by atoms with E-state index >= 15 is 0 Å². The Bertz CT molecular complexity index is 952. The maximum Gasteiger partial charge on any atom is 0.261 e. The number of thiophene rings is 1. The predicted molar refractivity (Wildman–Crippen MR) is 105 cm³/mol. The Balaban J connectivity index is 1.39. The Morgan fingerprint density at radius 2 is 2.26 bits per heavy atom. The minimum atomic E-state index is -0.0124. The van der Waals surface area contributed by atoms with Gasteiger partial charge in [0.25, 0.3) is 5.91 Å². The molecule has 3 N–H and O–H groups in total. The number of nitrogens with one attached hydrogen (secondary N) is 3. The average molecular weight is 385 g/mol. The molecule has 2 amide bonds. The minimum absolute atomic E-state index is 0.0122. The van der Waals surface area contributed by atoms with Crippen LogP contribution in [0.25, 0.3) is 10.2 Å². The summed E-state index contributed by atoms with van der Waals surface area (Å²) in [6.07, 6.45) is 6.29. The van der Waals surface area contributed by atoms with Crippen LogP contribution in [-0.4, -0.2) is 32.6 Å². The molecule has 0 unspecified atom stereocenters. The van der Waals surface area contributed by atoms with Gasteiger partial charge in [0.15, 0.2) is 0 Å². The molecule has 7 nitrogen and oxygen atoms in total. The van der Waals surface area contributed by atoms with Crippen LogP contribution in [-0.2, 0) is 24.8 Å². The van der Waals surface area contributed by atoms with Gasteiger partial charge in [-0.2, -0.15) is 5.10 Å². The van der Waals surface area contributed by atoms with Gasteiger partial charge >= 0.3 is 0 Å². The fourth-order valence-electron chi connectivity index (χ4n) is 3.20. The summed E-state index contributed by atoms with van der Waals surface area (Å²) in [5, 5.41) is 11.4. The number of amides is 2. The third-order valence-electron chi connectivity index (χ3n) is 4.99. The Morgan fingerprint density at radius 1 is 1.41 bits per heavy atom. The molecule has 1 aliphatic rings. The fraction of sp³-hybridized carbons (Fsp3) is 0.421. The van der Waals surface area contributed by atoms with Crippen molar-refractivity contribution in [3.05, 3.63) is 40.7 Å². The van der Waals surface area contributed by atoms with Crippen molar-refractivity contribution in [2.24, 2.45) is 7.05 Å². The lowest BCUT2D eigenvalue weighted by Crippen LogP contribution is -2.39. The van der Waals surface area contributed by atoms with Crippen LogP contribution in [0.3, 0.4) is 0 Å². The molecule has 27 heavy (non-hydrogen) atoms. The van der Waals surface area contributed by atoms with Crippen molar-refractivity contribution < 1.29 is 9.59 Å². The first-order valence-corrected chi connectivity index (χ1v) is 10.1. The zero-order valence-electron chi connectivity index (χ0n) is 15.2. The van der Waals surface area contributed by atoms with Gasteiger partial charge in [-0.25, -0.2) is 0 Å². The SMILES string of the molecule is Cn1nc(CNC(=O)CCc2ccc[nH]2)c2cc(C(=O)NC3CCC3)sc21. The normalized spacial score (nSPS) is 14.3. The van der Waals surface area contributed by atoms with Gasteiger partial charge in [-0.1, -0.05) is 0 Å². The third kappa shape index (κ3) is 3.90. The van der Waals surface area contributed by atoms with E-state index < -0.39 is 0 Å². The molecule has 3 heterocycles. The first kappa shape index (κ1) is 17.8. The lowest BCUT2D eigenvalue weighted by atomic mass is 9.93. The van der Waals surface area contributed by atoms with Gasteiger partial charge in [-0.3, -0.25) is 14.3 Å². The number of hydrogen-bond donors (Lipinski definition) is 3. The Hall–Kier alpha value is -2.61. The number of fused-ring (bicyclic) bond motifs is 1. The van der Waals surface area contributed by atoms with E-state index in [-0.39, 0.29) is 11.8 Å². The molecule has 1 fully saturated rings. The van der Waals surface area contributed by atoms with Gasteiger partial charge < -0.3 is 15.6 Å². The highest BCUT2D eigenvalue weighted by Crippen LogP contribution is 2.29. The molecule has 8 heteroatoms. The molecule has 3 aromatic rings. The maximum atomic E-state index is 12.4. The number of aromatic amines is 1. The van der Waals surface area contributed by atoms with Crippen molar-refractivity contribution in [2.75, 3.05) is 0 Å². The van der Waals surface area contributed by atoms with E-state index in [1.54, 1.807) is 4.68 Å². The number of aromatic nitrogens is 3. The van der Waals surface area contributed by atoms with Gasteiger partial charge in [-0.05, 0) is 43.9 Å². The van der Waals surface area contributed by atoms with Crippen molar-refractivity contribution in [1.29, 1.82) is 0 Å². The minimum Gasteiger partial charge on any atom is -0.365 e. The Kier molecular flexibility index (Phi) is 4.98. The van der Waals surface area contributed by atoms with Crippen LogP contribution < -0.4 is 10.6 Å². The third-order valence-corrected chi connectivity index (χ3v) is 6.19. The molecule has 3 aromatic heterocycles. The van der Waals surface area contributed by atoms with Gasteiger partial charge in [0.2, 0.25) is 5.91 Å². The Labute approximate surface area is 161 Å². The van der Waals surface area contributed by atoms with Crippen molar-refractivity contribution in [3.63, 3.8) is 0 Å². The van der Waals surface area contributed by atoms with Crippen molar-refractivity contribution in [3.8, 4) is 0 Å². The molecule has 4 rings (SSSR count). The summed E-state index contributed by atoms with van der Waals surface area (Å²) < 4.78 is 1.78. The highest BCUT2D eigenvalue weighted by Gasteiger charge is 2.22. The van der Waals surface area contributed by atoms with E-state index in [1.165, 1.54) is 17.8 Å². The van der Waals surface area contributed by atoms with Crippen molar-refractivity contribution in [1.82, 2.24) is 25.4 Å². The number of carbonyl (C=O) groups is 2. The average Bonchev–Trinajstić information content (AvgIpc) is 3.33. The largest absolute Gasteiger partial charge is 0.365 e. The summed E-state index contributed by atoms with van der Waals surface area (Å²) in [5.41, 5.74) is 1.84. The number of nitrogens with zero attached hydrogens (tertiary/aromatic N) is 2. The molecular weight excluding hydrogens is 362 g/mol. The second kappa shape index (κ2) is 7.56. The standard InChI is InChI=1S/C19H23N5O2S/c1-24-19-14(10-16(27-19)18(26)22-13-4-2-5-13)15(23-24)11-21-17(25)8-7-12-6-3-9-20-12/h3,6,9-10,13,20H,2,4-5,7-8,11H2,1H3,(H,21,25)(H,22,26). The van der Waals surface area contributed by atoms with Crippen LogP contribution in [0.1, 0.15) is 46.7 Å². The van der Waals surface area contributed by atoms with Gasteiger partial charge in [0.05, 0.1) is 17.1 Å². The second-order valence-electron chi connectivity index (χ2n) is 6.97. The zero-order valence-corrected chi connectivity index (χ0v) is 16.1. The molecule has 1 saturated carbocycles. The molecule has 0 radical (unpaired) electrons. The van der Waals surface area contributed by atoms with Crippen molar-refractivity contribution in [2.45, 2.75) is 44.7 Å². The number of aryl methyl sites for hydroxylation is 2. The van der Waals surface area contributed by atoms with Gasteiger partial charge in [0, 0.05) is 36.8 Å². The maximum absolute atomic E-state index is 12.4. The number of rotatable bonds is 7. The second-order valence-corrected chi connectivity index (χ2v) is 8.00. The van der Waals surface area contributed by atoms with E-state index in [2.05, 4.69) is 20.7 Å². The summed E-state index contributed by atoms with van der Waals surface area (Å²) in [4.78, 5) is 29.2. The van der Waals surface area contributed by atoms with E-state index in [9.17, 15) is 9.59 Å². The van der Waals surface area contributed by atoms with Crippen LogP contribution in [0, 0.1) is 0 Å². The monoisotopic (exact) mass is 385 g/mol. The summed E-state index contributed by atoms with van der Waals surface area (Å²) >= 11 is 1.44. The quantitative estimate of drug-likeness (QED) is 0.583. The molecule has 0 spiro atoms. The van der Waals surface area contributed by atoms with E-state index in [0.717, 1.165) is 34.4 Å². The molecular formula is C19H23N5O2S. The zero-order chi connectivity index (χ0) is 18.8. The van der Waals surface area contributed by atoms with E-state index in [4.69, 9.17) is 0 Å².